The van der Waals surface area contributed by atoms with Gasteiger partial charge >= 0.3 is 0 Å². The number of hydrogen-bond acceptors (Lipinski definition) is 1. The molecule has 16 heavy (non-hydrogen) atoms. The van der Waals surface area contributed by atoms with Gasteiger partial charge in [0.2, 0.25) is 0 Å². The second-order valence-electron chi connectivity index (χ2n) is 5.85. The van der Waals surface area contributed by atoms with Crippen molar-refractivity contribution in [2.75, 3.05) is 0 Å². The summed E-state index contributed by atoms with van der Waals surface area (Å²) < 4.78 is 0. The SMILES string of the molecule is CCCC[C@@H]1CC[C@@H]2CCC[C@@H](CCC)N12. The Morgan fingerprint density at radius 2 is 1.69 bits per heavy atom. The Bertz CT molecular complexity index is 200. The fourth-order valence-corrected chi connectivity index (χ4v) is 3.97. The van der Waals surface area contributed by atoms with Gasteiger partial charge in [-0.3, -0.25) is 4.90 Å². The van der Waals surface area contributed by atoms with Crippen LogP contribution in [0.3, 0.4) is 0 Å². The first kappa shape index (κ1) is 12.4. The van der Waals surface area contributed by atoms with Crippen molar-refractivity contribution in [3.8, 4) is 0 Å². The van der Waals surface area contributed by atoms with Gasteiger partial charge in [-0.1, -0.05) is 39.5 Å². The molecule has 2 aliphatic rings. The van der Waals surface area contributed by atoms with Crippen molar-refractivity contribution < 1.29 is 0 Å². The molecule has 0 N–H and O–H groups in total. The van der Waals surface area contributed by atoms with Crippen LogP contribution in [-0.4, -0.2) is 23.0 Å². The summed E-state index contributed by atoms with van der Waals surface area (Å²) in [6.45, 7) is 4.67. The Morgan fingerprint density at radius 1 is 0.875 bits per heavy atom. The molecule has 3 atom stereocenters. The zero-order valence-corrected chi connectivity index (χ0v) is 11.3. The van der Waals surface area contributed by atoms with Gasteiger partial charge in [-0.25, -0.2) is 0 Å². The summed E-state index contributed by atoms with van der Waals surface area (Å²) in [5, 5.41) is 0. The van der Waals surface area contributed by atoms with Gasteiger partial charge in [0.25, 0.3) is 0 Å². The lowest BCUT2D eigenvalue weighted by molar-refractivity contribution is 0.0715. The molecule has 0 unspecified atom stereocenters. The number of hydrogen-bond donors (Lipinski definition) is 0. The highest BCUT2D eigenvalue weighted by Gasteiger charge is 2.39. The van der Waals surface area contributed by atoms with Gasteiger partial charge in [0.1, 0.15) is 0 Å². The van der Waals surface area contributed by atoms with Gasteiger partial charge in [-0.2, -0.15) is 0 Å². The van der Waals surface area contributed by atoms with Crippen molar-refractivity contribution in [3.05, 3.63) is 0 Å². The zero-order valence-electron chi connectivity index (χ0n) is 11.3. The molecule has 0 spiro atoms. The van der Waals surface area contributed by atoms with Crippen LogP contribution in [0.1, 0.15) is 78.1 Å². The van der Waals surface area contributed by atoms with Crippen molar-refractivity contribution in [2.45, 2.75) is 96.2 Å². The van der Waals surface area contributed by atoms with Gasteiger partial charge in [0, 0.05) is 18.1 Å². The average Bonchev–Trinajstić information content (AvgIpc) is 2.71. The van der Waals surface area contributed by atoms with E-state index >= 15 is 0 Å². The van der Waals surface area contributed by atoms with E-state index in [4.69, 9.17) is 0 Å². The van der Waals surface area contributed by atoms with Gasteiger partial charge in [0.05, 0.1) is 0 Å². The smallest absolute Gasteiger partial charge is 0.0102 e. The van der Waals surface area contributed by atoms with Crippen LogP contribution in [0.4, 0.5) is 0 Å². The maximum Gasteiger partial charge on any atom is 0.0102 e. The quantitative estimate of drug-likeness (QED) is 0.669. The predicted molar refractivity (Wildman–Crippen MR) is 70.7 cm³/mol. The fourth-order valence-electron chi connectivity index (χ4n) is 3.97. The lowest BCUT2D eigenvalue weighted by Gasteiger charge is -2.41. The molecule has 1 heteroatoms. The highest BCUT2D eigenvalue weighted by molar-refractivity contribution is 4.94. The third-order valence-electron chi connectivity index (χ3n) is 4.69. The second-order valence-corrected chi connectivity index (χ2v) is 5.85. The normalized spacial score (nSPS) is 35.2. The molecule has 2 fully saturated rings. The first-order valence-electron chi connectivity index (χ1n) is 7.64. The lowest BCUT2D eigenvalue weighted by Crippen LogP contribution is -2.46. The van der Waals surface area contributed by atoms with Crippen LogP contribution in [0.5, 0.6) is 0 Å². The van der Waals surface area contributed by atoms with E-state index in [1.165, 1.54) is 64.2 Å². The largest absolute Gasteiger partial charge is 0.294 e. The number of piperidine rings is 1. The van der Waals surface area contributed by atoms with Crippen LogP contribution in [0, 0.1) is 0 Å². The molecule has 2 aliphatic heterocycles. The molecule has 0 amide bonds. The average molecular weight is 223 g/mol. The summed E-state index contributed by atoms with van der Waals surface area (Å²) in [7, 11) is 0. The summed E-state index contributed by atoms with van der Waals surface area (Å²) in [5.41, 5.74) is 0. The van der Waals surface area contributed by atoms with Crippen molar-refractivity contribution >= 4 is 0 Å². The molecule has 1 nitrogen and oxygen atoms in total. The summed E-state index contributed by atoms with van der Waals surface area (Å²) in [5.74, 6) is 0. The number of fused-ring (bicyclic) bond motifs is 1. The standard InChI is InChI=1S/C15H29N/c1-3-5-8-14-11-12-15-10-6-9-13(7-4-2)16(14)15/h13-15H,3-12H2,1-2H3/t13-,14-,15+/m1/s1. The summed E-state index contributed by atoms with van der Waals surface area (Å²) >= 11 is 0. The number of nitrogens with zero attached hydrogens (tertiary/aromatic N) is 1. The van der Waals surface area contributed by atoms with Crippen LogP contribution in [0.15, 0.2) is 0 Å². The first-order valence-corrected chi connectivity index (χ1v) is 7.64. The Labute approximate surface area is 102 Å². The van der Waals surface area contributed by atoms with Crippen LogP contribution in [0.25, 0.3) is 0 Å². The van der Waals surface area contributed by atoms with Crippen molar-refractivity contribution in [1.29, 1.82) is 0 Å². The third-order valence-corrected chi connectivity index (χ3v) is 4.69. The van der Waals surface area contributed by atoms with Crippen molar-refractivity contribution in [2.24, 2.45) is 0 Å². The minimum Gasteiger partial charge on any atom is -0.294 e. The first-order chi connectivity index (χ1) is 7.86. The highest BCUT2D eigenvalue weighted by Crippen LogP contribution is 2.38. The predicted octanol–water partition coefficient (Wildman–Crippen LogP) is 4.36. The Morgan fingerprint density at radius 3 is 2.44 bits per heavy atom. The van der Waals surface area contributed by atoms with Crippen LogP contribution < -0.4 is 0 Å². The topological polar surface area (TPSA) is 3.24 Å². The molecule has 0 aromatic heterocycles. The van der Waals surface area contributed by atoms with E-state index in [1.807, 2.05) is 0 Å². The molecule has 0 aliphatic carbocycles. The Balaban J connectivity index is 1.94. The van der Waals surface area contributed by atoms with Crippen LogP contribution in [0.2, 0.25) is 0 Å². The van der Waals surface area contributed by atoms with E-state index in [1.54, 1.807) is 0 Å². The zero-order chi connectivity index (χ0) is 11.4. The fraction of sp³-hybridized carbons (Fsp3) is 1.00. The maximum absolute atomic E-state index is 2.95. The van der Waals surface area contributed by atoms with E-state index in [0.29, 0.717) is 0 Å². The molecule has 94 valence electrons. The maximum atomic E-state index is 2.95. The van der Waals surface area contributed by atoms with E-state index in [-0.39, 0.29) is 0 Å². The minimum atomic E-state index is 0.938. The molecule has 2 rings (SSSR count). The van der Waals surface area contributed by atoms with E-state index in [9.17, 15) is 0 Å². The Hall–Kier alpha value is -0.0400. The summed E-state index contributed by atoms with van der Waals surface area (Å²) in [4.78, 5) is 2.95. The van der Waals surface area contributed by atoms with Crippen molar-refractivity contribution in [3.63, 3.8) is 0 Å². The van der Waals surface area contributed by atoms with Gasteiger partial charge in [0.15, 0.2) is 0 Å². The monoisotopic (exact) mass is 223 g/mol. The van der Waals surface area contributed by atoms with Gasteiger partial charge < -0.3 is 0 Å². The number of rotatable bonds is 5. The van der Waals surface area contributed by atoms with Crippen LogP contribution in [-0.2, 0) is 0 Å². The molecular weight excluding hydrogens is 194 g/mol. The summed E-state index contributed by atoms with van der Waals surface area (Å²) in [6, 6.07) is 2.85. The van der Waals surface area contributed by atoms with E-state index in [0.717, 1.165) is 18.1 Å². The molecule has 0 aromatic carbocycles. The molecule has 0 saturated carbocycles. The lowest BCUT2D eigenvalue weighted by atomic mass is 9.93. The van der Waals surface area contributed by atoms with E-state index in [2.05, 4.69) is 18.7 Å². The number of unbranched alkanes of at least 4 members (excludes halogenated alkanes) is 1. The summed E-state index contributed by atoms with van der Waals surface area (Å²) in [6.07, 6.45) is 14.5. The molecule has 2 saturated heterocycles. The molecule has 0 radical (unpaired) electrons. The molecule has 0 aromatic rings. The van der Waals surface area contributed by atoms with Crippen molar-refractivity contribution in [1.82, 2.24) is 4.90 Å². The highest BCUT2D eigenvalue weighted by atomic mass is 15.2. The Kier molecular flexibility index (Phi) is 4.69. The molecule has 0 bridgehead atoms. The van der Waals surface area contributed by atoms with Gasteiger partial charge in [-0.15, -0.1) is 0 Å². The van der Waals surface area contributed by atoms with Gasteiger partial charge in [-0.05, 0) is 38.5 Å². The van der Waals surface area contributed by atoms with Crippen LogP contribution >= 0.6 is 0 Å². The second kappa shape index (κ2) is 6.05. The molecular formula is C15H29N. The molecule has 2 heterocycles. The third kappa shape index (κ3) is 2.61. The minimum absolute atomic E-state index is 0.938. The van der Waals surface area contributed by atoms with E-state index < -0.39 is 0 Å².